The van der Waals surface area contributed by atoms with Gasteiger partial charge in [0.25, 0.3) is 5.91 Å². The fourth-order valence-electron chi connectivity index (χ4n) is 4.88. The SMILES string of the molecule is CCCCC(CC)CN1C(=O)C(=Cc2cn(-c3ccccc3)nc2-c2cccc(OCc3ccccc3)c2)SC1=S. The van der Waals surface area contributed by atoms with E-state index >= 15 is 0 Å². The number of benzene rings is 3. The average Bonchev–Trinajstić information content (AvgIpc) is 3.55. The summed E-state index contributed by atoms with van der Waals surface area (Å²) >= 11 is 7.05. The number of thioether (sulfide) groups is 1. The molecular formula is C34H35N3O2S2. The second-order valence-electron chi connectivity index (χ2n) is 10.2. The number of carbonyl (C=O) groups is 1. The third-order valence-corrected chi connectivity index (χ3v) is 8.64. The van der Waals surface area contributed by atoms with E-state index in [4.69, 9.17) is 22.1 Å². The minimum atomic E-state index is -0.0201. The quantitative estimate of drug-likeness (QED) is 0.124. The zero-order chi connectivity index (χ0) is 28.6. The number of unbranched alkanes of at least 4 members (excludes halogenated alkanes) is 1. The number of carbonyl (C=O) groups excluding carboxylic acids is 1. The summed E-state index contributed by atoms with van der Waals surface area (Å²) < 4.78 is 8.60. The van der Waals surface area contributed by atoms with Gasteiger partial charge in [-0.3, -0.25) is 9.69 Å². The van der Waals surface area contributed by atoms with Crippen LogP contribution >= 0.6 is 24.0 Å². The molecule has 0 spiro atoms. The van der Waals surface area contributed by atoms with Gasteiger partial charge in [0, 0.05) is 23.9 Å². The highest BCUT2D eigenvalue weighted by molar-refractivity contribution is 8.26. The van der Waals surface area contributed by atoms with Crippen molar-refractivity contribution in [2.24, 2.45) is 5.92 Å². The summed E-state index contributed by atoms with van der Waals surface area (Å²) in [6.45, 7) is 5.55. The van der Waals surface area contributed by atoms with Crippen LogP contribution in [0.4, 0.5) is 0 Å². The van der Waals surface area contributed by atoms with Gasteiger partial charge in [-0.2, -0.15) is 5.10 Å². The summed E-state index contributed by atoms with van der Waals surface area (Å²) in [4.78, 5) is 16.0. The first kappa shape index (κ1) is 28.8. The molecule has 2 heterocycles. The highest BCUT2D eigenvalue weighted by Gasteiger charge is 2.33. The van der Waals surface area contributed by atoms with Gasteiger partial charge < -0.3 is 4.74 Å². The van der Waals surface area contributed by atoms with E-state index in [0.717, 1.165) is 53.1 Å². The molecule has 1 saturated heterocycles. The van der Waals surface area contributed by atoms with Crippen LogP contribution in [0.1, 0.15) is 50.7 Å². The summed E-state index contributed by atoms with van der Waals surface area (Å²) in [5.74, 6) is 1.19. The van der Waals surface area contributed by atoms with Gasteiger partial charge in [0.2, 0.25) is 0 Å². The molecule has 41 heavy (non-hydrogen) atoms. The molecule has 1 unspecified atom stereocenters. The summed E-state index contributed by atoms with van der Waals surface area (Å²) in [5.41, 5.74) is 4.59. The van der Waals surface area contributed by atoms with E-state index < -0.39 is 0 Å². The molecule has 1 fully saturated rings. The molecule has 0 saturated carbocycles. The first-order chi connectivity index (χ1) is 20.1. The van der Waals surface area contributed by atoms with E-state index in [-0.39, 0.29) is 5.91 Å². The van der Waals surface area contributed by atoms with Gasteiger partial charge in [-0.1, -0.05) is 118 Å². The normalized spacial score (nSPS) is 15.1. The first-order valence-corrected chi connectivity index (χ1v) is 15.5. The molecule has 0 bridgehead atoms. The van der Waals surface area contributed by atoms with Gasteiger partial charge in [0.15, 0.2) is 0 Å². The van der Waals surface area contributed by atoms with Gasteiger partial charge >= 0.3 is 0 Å². The minimum Gasteiger partial charge on any atom is -0.489 e. The molecule has 3 aromatic carbocycles. The van der Waals surface area contributed by atoms with Crippen LogP contribution in [-0.2, 0) is 11.4 Å². The lowest BCUT2D eigenvalue weighted by molar-refractivity contribution is -0.122. The number of ether oxygens (including phenoxy) is 1. The van der Waals surface area contributed by atoms with Crippen molar-refractivity contribution in [3.63, 3.8) is 0 Å². The maximum Gasteiger partial charge on any atom is 0.266 e. The summed E-state index contributed by atoms with van der Waals surface area (Å²) in [5, 5.41) is 4.96. The molecule has 7 heteroatoms. The molecule has 5 nitrogen and oxygen atoms in total. The number of amides is 1. The third-order valence-electron chi connectivity index (χ3n) is 7.26. The third kappa shape index (κ3) is 7.16. The standard InChI is InChI=1S/C34H35N3O2S2/c1-3-5-13-25(4-2)22-36-33(38)31(41-34(36)40)21-28-23-37(29-17-10-7-11-18-29)35-32(28)27-16-12-19-30(20-27)39-24-26-14-8-6-9-15-26/h6-12,14-21,23,25H,3-5,13,22,24H2,1-2H3. The Morgan fingerprint density at radius 1 is 1.00 bits per heavy atom. The van der Waals surface area contributed by atoms with Crippen LogP contribution in [0, 0.1) is 5.92 Å². The van der Waals surface area contributed by atoms with E-state index in [0.29, 0.717) is 28.3 Å². The van der Waals surface area contributed by atoms with Crippen molar-refractivity contribution in [2.45, 2.75) is 46.1 Å². The first-order valence-electron chi connectivity index (χ1n) is 14.2. The maximum atomic E-state index is 13.5. The number of hydrogen-bond acceptors (Lipinski definition) is 5. The number of nitrogens with zero attached hydrogens (tertiary/aromatic N) is 3. The molecule has 0 radical (unpaired) electrons. The minimum absolute atomic E-state index is 0.0201. The van der Waals surface area contributed by atoms with E-state index in [9.17, 15) is 4.79 Å². The van der Waals surface area contributed by atoms with Gasteiger partial charge in [-0.05, 0) is 48.2 Å². The van der Waals surface area contributed by atoms with Crippen LogP contribution in [0.2, 0.25) is 0 Å². The Morgan fingerprint density at radius 3 is 2.49 bits per heavy atom. The van der Waals surface area contributed by atoms with Crippen molar-refractivity contribution in [1.29, 1.82) is 0 Å². The van der Waals surface area contributed by atoms with Crippen molar-refractivity contribution < 1.29 is 9.53 Å². The topological polar surface area (TPSA) is 47.4 Å². The average molecular weight is 582 g/mol. The van der Waals surface area contributed by atoms with Crippen LogP contribution in [0.3, 0.4) is 0 Å². The smallest absolute Gasteiger partial charge is 0.266 e. The molecule has 1 atom stereocenters. The van der Waals surface area contributed by atoms with Gasteiger partial charge in [-0.15, -0.1) is 0 Å². The molecule has 1 aliphatic rings. The van der Waals surface area contributed by atoms with E-state index in [1.165, 1.54) is 18.2 Å². The van der Waals surface area contributed by atoms with Gasteiger partial charge in [-0.25, -0.2) is 4.68 Å². The van der Waals surface area contributed by atoms with E-state index in [2.05, 4.69) is 13.8 Å². The largest absolute Gasteiger partial charge is 0.489 e. The number of hydrogen-bond donors (Lipinski definition) is 0. The Bertz CT molecular complexity index is 1520. The van der Waals surface area contributed by atoms with Crippen molar-refractivity contribution in [2.75, 3.05) is 6.54 Å². The van der Waals surface area contributed by atoms with Gasteiger partial charge in [0.1, 0.15) is 22.4 Å². The summed E-state index contributed by atoms with van der Waals surface area (Å²) in [6, 6.07) is 28.0. The Hall–Kier alpha value is -3.68. The Kier molecular flexibility index (Phi) is 9.70. The van der Waals surface area contributed by atoms with Crippen molar-refractivity contribution >= 4 is 40.3 Å². The lowest BCUT2D eigenvalue weighted by atomic mass is 9.99. The molecule has 1 aromatic heterocycles. The second kappa shape index (κ2) is 13.8. The van der Waals surface area contributed by atoms with Crippen LogP contribution in [0.15, 0.2) is 96.0 Å². The molecule has 210 valence electrons. The van der Waals surface area contributed by atoms with Crippen LogP contribution in [0.5, 0.6) is 5.75 Å². The highest BCUT2D eigenvalue weighted by Crippen LogP contribution is 2.36. The molecule has 0 aliphatic carbocycles. The lowest BCUT2D eigenvalue weighted by Gasteiger charge is -2.21. The van der Waals surface area contributed by atoms with Gasteiger partial charge in [0.05, 0.1) is 10.6 Å². The predicted octanol–water partition coefficient (Wildman–Crippen LogP) is 8.54. The number of thiocarbonyl (C=S) groups is 1. The molecule has 1 aliphatic heterocycles. The van der Waals surface area contributed by atoms with Crippen molar-refractivity contribution in [3.8, 4) is 22.7 Å². The zero-order valence-corrected chi connectivity index (χ0v) is 25.2. The summed E-state index contributed by atoms with van der Waals surface area (Å²) in [6.07, 6.45) is 8.38. The highest BCUT2D eigenvalue weighted by atomic mass is 32.2. The molecular weight excluding hydrogens is 547 g/mol. The molecule has 5 rings (SSSR count). The van der Waals surface area contributed by atoms with E-state index in [1.54, 1.807) is 4.90 Å². The molecule has 4 aromatic rings. The number of rotatable bonds is 12. The van der Waals surface area contributed by atoms with Crippen molar-refractivity contribution in [1.82, 2.24) is 14.7 Å². The Balaban J connectivity index is 1.45. The zero-order valence-electron chi connectivity index (χ0n) is 23.5. The second-order valence-corrected chi connectivity index (χ2v) is 11.9. The Labute approximate surface area is 252 Å². The predicted molar refractivity (Wildman–Crippen MR) is 173 cm³/mol. The van der Waals surface area contributed by atoms with Crippen LogP contribution in [0.25, 0.3) is 23.0 Å². The lowest BCUT2D eigenvalue weighted by Crippen LogP contribution is -2.33. The van der Waals surface area contributed by atoms with Crippen LogP contribution < -0.4 is 4.74 Å². The fraction of sp³-hybridized carbons (Fsp3) is 0.265. The monoisotopic (exact) mass is 581 g/mol. The molecule has 1 amide bonds. The summed E-state index contributed by atoms with van der Waals surface area (Å²) in [7, 11) is 0. The Morgan fingerprint density at radius 2 is 1.76 bits per heavy atom. The number of aromatic nitrogens is 2. The van der Waals surface area contributed by atoms with E-state index in [1.807, 2.05) is 102 Å². The van der Waals surface area contributed by atoms with Crippen LogP contribution in [-0.4, -0.2) is 31.5 Å². The molecule has 0 N–H and O–H groups in total. The maximum absolute atomic E-state index is 13.5. The van der Waals surface area contributed by atoms with Crippen molar-refractivity contribution in [3.05, 3.63) is 107 Å². The fourth-order valence-corrected chi connectivity index (χ4v) is 6.14. The number of para-hydroxylation sites is 1.